The molecule has 0 aromatic rings. The molecule has 2 heteroatoms. The Balaban J connectivity index is 2.18. The highest BCUT2D eigenvalue weighted by atomic mass is 28.3. The maximum Gasteiger partial charge on any atom is 0.127 e. The van der Waals surface area contributed by atoms with E-state index in [4.69, 9.17) is 0 Å². The Bertz CT molecular complexity index is 337. The van der Waals surface area contributed by atoms with Crippen molar-refractivity contribution in [3.63, 3.8) is 0 Å². The number of rotatable bonds is 2. The monoisotopic (exact) mass is 265 g/mol. The molecule has 0 spiro atoms. The third-order valence-electron chi connectivity index (χ3n) is 4.75. The summed E-state index contributed by atoms with van der Waals surface area (Å²) in [6.07, 6.45) is 8.43. The zero-order valence-electron chi connectivity index (χ0n) is 13.1. The Labute approximate surface area is 115 Å². The van der Waals surface area contributed by atoms with Crippen LogP contribution >= 0.6 is 0 Å². The van der Waals surface area contributed by atoms with Crippen LogP contribution < -0.4 is 4.98 Å². The third-order valence-corrected chi connectivity index (χ3v) is 8.58. The predicted molar refractivity (Wildman–Crippen MR) is 83.3 cm³/mol. The molecular weight excluding hydrogens is 234 g/mol. The molecule has 0 aliphatic heterocycles. The quantitative estimate of drug-likeness (QED) is 0.563. The van der Waals surface area contributed by atoms with Crippen molar-refractivity contribution in [2.45, 2.75) is 77.6 Å². The lowest BCUT2D eigenvalue weighted by molar-refractivity contribution is 0.296. The second kappa shape index (κ2) is 4.79. The Morgan fingerprint density at radius 3 is 2.39 bits per heavy atom. The van der Waals surface area contributed by atoms with Gasteiger partial charge in [-0.2, -0.15) is 0 Å². The van der Waals surface area contributed by atoms with Crippen molar-refractivity contribution < 1.29 is 0 Å². The normalized spacial score (nSPS) is 33.2. The van der Waals surface area contributed by atoms with Gasteiger partial charge in [-0.1, -0.05) is 37.6 Å². The predicted octanol–water partition coefficient (Wildman–Crippen LogP) is 4.72. The summed E-state index contributed by atoms with van der Waals surface area (Å²) in [6.45, 7) is 14.4. The van der Waals surface area contributed by atoms with Gasteiger partial charge in [0.15, 0.2) is 0 Å². The van der Waals surface area contributed by atoms with Gasteiger partial charge in [-0.25, -0.2) is 0 Å². The molecule has 0 aromatic carbocycles. The van der Waals surface area contributed by atoms with Crippen LogP contribution in [0.25, 0.3) is 0 Å². The van der Waals surface area contributed by atoms with E-state index in [1.165, 1.54) is 25.7 Å². The molecule has 0 bridgehead atoms. The lowest BCUT2D eigenvalue weighted by Gasteiger charge is -2.43. The second-order valence-electron chi connectivity index (χ2n) is 8.10. The summed E-state index contributed by atoms with van der Waals surface area (Å²) >= 11 is 0. The fraction of sp³-hybridized carbons (Fsp3) is 0.875. The summed E-state index contributed by atoms with van der Waals surface area (Å²) in [7, 11) is -1.40. The SMILES string of the molecule is CC1=CC2CCCCC2C1[Si](C)(C)NC(C)(C)C. The summed E-state index contributed by atoms with van der Waals surface area (Å²) in [4.78, 5) is 4.00. The largest absolute Gasteiger partial charge is 0.332 e. The van der Waals surface area contributed by atoms with Gasteiger partial charge in [-0.05, 0) is 57.9 Å². The van der Waals surface area contributed by atoms with Crippen molar-refractivity contribution in [3.05, 3.63) is 11.6 Å². The van der Waals surface area contributed by atoms with E-state index in [1.807, 2.05) is 0 Å². The molecule has 0 radical (unpaired) electrons. The van der Waals surface area contributed by atoms with Crippen LogP contribution in [0.2, 0.25) is 18.6 Å². The summed E-state index contributed by atoms with van der Waals surface area (Å²) < 4.78 is 0. The van der Waals surface area contributed by atoms with Crippen molar-refractivity contribution >= 4 is 8.24 Å². The maximum absolute atomic E-state index is 4.00. The van der Waals surface area contributed by atoms with Crippen LogP contribution in [0.5, 0.6) is 0 Å². The van der Waals surface area contributed by atoms with Crippen LogP contribution in [0.3, 0.4) is 0 Å². The minimum Gasteiger partial charge on any atom is -0.332 e. The van der Waals surface area contributed by atoms with Gasteiger partial charge in [0.25, 0.3) is 0 Å². The molecule has 0 amide bonds. The Kier molecular flexibility index (Phi) is 3.81. The van der Waals surface area contributed by atoms with Gasteiger partial charge in [0, 0.05) is 5.54 Å². The van der Waals surface area contributed by atoms with Crippen LogP contribution in [0.15, 0.2) is 11.6 Å². The van der Waals surface area contributed by atoms with E-state index >= 15 is 0 Å². The molecule has 0 heterocycles. The first-order chi connectivity index (χ1) is 8.21. The standard InChI is InChI=1S/C16H31NSi/c1-12-11-13-9-7-8-10-14(13)15(12)18(5,6)17-16(2,3)4/h11,13-15,17H,7-10H2,1-6H3. The molecule has 1 N–H and O–H groups in total. The topological polar surface area (TPSA) is 12.0 Å². The van der Waals surface area contributed by atoms with Crippen molar-refractivity contribution in [1.29, 1.82) is 0 Å². The van der Waals surface area contributed by atoms with Crippen LogP contribution in [-0.2, 0) is 0 Å². The zero-order chi connectivity index (χ0) is 13.6. The summed E-state index contributed by atoms with van der Waals surface area (Å²) in [5, 5.41) is 0. The number of allylic oxidation sites excluding steroid dienone is 2. The average molecular weight is 266 g/mol. The van der Waals surface area contributed by atoms with E-state index < -0.39 is 8.24 Å². The Hall–Kier alpha value is -0.0831. The van der Waals surface area contributed by atoms with Gasteiger partial charge in [0.2, 0.25) is 0 Å². The number of fused-ring (bicyclic) bond motifs is 1. The molecule has 0 saturated heterocycles. The van der Waals surface area contributed by atoms with E-state index in [1.54, 1.807) is 5.57 Å². The fourth-order valence-electron chi connectivity index (χ4n) is 4.74. The van der Waals surface area contributed by atoms with Crippen molar-refractivity contribution in [3.8, 4) is 0 Å². The third kappa shape index (κ3) is 2.90. The Morgan fingerprint density at radius 1 is 1.17 bits per heavy atom. The molecule has 1 fully saturated rings. The lowest BCUT2D eigenvalue weighted by Crippen LogP contribution is -2.58. The Morgan fingerprint density at radius 2 is 1.78 bits per heavy atom. The highest BCUT2D eigenvalue weighted by Crippen LogP contribution is 2.51. The first-order valence-corrected chi connectivity index (χ1v) is 10.8. The molecule has 2 aliphatic rings. The summed E-state index contributed by atoms with van der Waals surface area (Å²) in [5.41, 5.74) is 2.81. The zero-order valence-corrected chi connectivity index (χ0v) is 14.1. The smallest absolute Gasteiger partial charge is 0.127 e. The van der Waals surface area contributed by atoms with Crippen LogP contribution in [0, 0.1) is 11.8 Å². The molecule has 0 aromatic heterocycles. The van der Waals surface area contributed by atoms with Gasteiger partial charge in [-0.15, -0.1) is 0 Å². The number of hydrogen-bond donors (Lipinski definition) is 1. The van der Waals surface area contributed by atoms with Crippen molar-refractivity contribution in [1.82, 2.24) is 4.98 Å². The molecule has 2 aliphatic carbocycles. The highest BCUT2D eigenvalue weighted by molar-refractivity contribution is 6.77. The van der Waals surface area contributed by atoms with E-state index in [0.717, 1.165) is 17.4 Å². The minimum absolute atomic E-state index is 0.253. The first-order valence-electron chi connectivity index (χ1n) is 7.68. The van der Waals surface area contributed by atoms with E-state index in [2.05, 4.69) is 51.8 Å². The average Bonchev–Trinajstić information content (AvgIpc) is 2.49. The van der Waals surface area contributed by atoms with Gasteiger partial charge in [0.05, 0.1) is 0 Å². The van der Waals surface area contributed by atoms with Crippen LogP contribution in [0.4, 0.5) is 0 Å². The van der Waals surface area contributed by atoms with E-state index in [-0.39, 0.29) is 5.54 Å². The molecule has 1 nitrogen and oxygen atoms in total. The van der Waals surface area contributed by atoms with Crippen LogP contribution in [0.1, 0.15) is 53.4 Å². The summed E-state index contributed by atoms with van der Waals surface area (Å²) in [5.74, 6) is 1.85. The molecule has 2 rings (SSSR count). The minimum atomic E-state index is -1.40. The number of hydrogen-bond acceptors (Lipinski definition) is 1. The molecule has 104 valence electrons. The highest BCUT2D eigenvalue weighted by Gasteiger charge is 2.46. The summed E-state index contributed by atoms with van der Waals surface area (Å²) in [6, 6.07) is 0. The lowest BCUT2D eigenvalue weighted by atomic mass is 9.81. The molecule has 1 saturated carbocycles. The van der Waals surface area contributed by atoms with Crippen LogP contribution in [-0.4, -0.2) is 13.8 Å². The van der Waals surface area contributed by atoms with Gasteiger partial charge >= 0.3 is 0 Å². The van der Waals surface area contributed by atoms with E-state index in [0.29, 0.717) is 0 Å². The van der Waals surface area contributed by atoms with Gasteiger partial charge < -0.3 is 4.98 Å². The number of nitrogens with one attached hydrogen (secondary N) is 1. The van der Waals surface area contributed by atoms with Gasteiger partial charge in [-0.3, -0.25) is 0 Å². The molecular formula is C16H31NSi. The fourth-order valence-corrected chi connectivity index (χ4v) is 9.54. The molecule has 3 atom stereocenters. The van der Waals surface area contributed by atoms with Crippen molar-refractivity contribution in [2.75, 3.05) is 0 Å². The molecule has 3 unspecified atom stereocenters. The van der Waals surface area contributed by atoms with E-state index in [9.17, 15) is 0 Å². The maximum atomic E-state index is 4.00. The second-order valence-corrected chi connectivity index (χ2v) is 12.4. The molecule has 18 heavy (non-hydrogen) atoms. The van der Waals surface area contributed by atoms with Crippen molar-refractivity contribution in [2.24, 2.45) is 11.8 Å². The van der Waals surface area contributed by atoms with Gasteiger partial charge in [0.1, 0.15) is 8.24 Å². The first kappa shape index (κ1) is 14.3.